The highest BCUT2D eigenvalue weighted by Gasteiger charge is 1.71. The molecule has 0 saturated carbocycles. The summed E-state index contributed by atoms with van der Waals surface area (Å²) in [6.07, 6.45) is 4.95. The molecule has 0 fully saturated rings. The fourth-order valence-electron chi connectivity index (χ4n) is 0.210. The summed E-state index contributed by atoms with van der Waals surface area (Å²) in [7, 11) is 0. The fraction of sp³-hybridized carbons (Fsp3) is 0.167. The quantitative estimate of drug-likeness (QED) is 0.508. The van der Waals surface area contributed by atoms with Crippen LogP contribution in [0.5, 0.6) is 0 Å². The van der Waals surface area contributed by atoms with Gasteiger partial charge in [-0.15, -0.1) is 0 Å². The van der Waals surface area contributed by atoms with Crippen molar-refractivity contribution >= 4 is 17.8 Å². The molecule has 0 saturated heterocycles. The fourth-order valence-corrected chi connectivity index (χ4v) is 0.266. The van der Waals surface area contributed by atoms with Crippen molar-refractivity contribution in [2.24, 2.45) is 4.99 Å². The smallest absolute Gasteiger partial charge is 0.0517 e. The monoisotopic (exact) mass is 129 g/mol. The maximum absolute atomic E-state index is 5.34. The average Bonchev–Trinajstić information content (AvgIpc) is 1.66. The summed E-state index contributed by atoms with van der Waals surface area (Å²) in [5.74, 6) is 0. The Morgan fingerprint density at radius 3 is 2.75 bits per heavy atom. The van der Waals surface area contributed by atoms with Gasteiger partial charge in [0.15, 0.2) is 0 Å². The van der Waals surface area contributed by atoms with E-state index in [9.17, 15) is 0 Å². The van der Waals surface area contributed by atoms with Gasteiger partial charge in [-0.2, -0.15) is 0 Å². The van der Waals surface area contributed by atoms with E-state index in [4.69, 9.17) is 11.6 Å². The molecule has 0 aromatic carbocycles. The summed E-state index contributed by atoms with van der Waals surface area (Å²) in [5, 5.41) is 0.447. The molecule has 0 aliphatic heterocycles. The number of hydrogen-bond donors (Lipinski definition) is 0. The third kappa shape index (κ3) is 5.44. The molecule has 0 atom stereocenters. The van der Waals surface area contributed by atoms with Crippen LogP contribution in [0.3, 0.4) is 0 Å². The lowest BCUT2D eigenvalue weighted by atomic mass is 10.6. The van der Waals surface area contributed by atoms with Gasteiger partial charge in [-0.1, -0.05) is 24.3 Å². The first-order valence-electron chi connectivity index (χ1n) is 2.26. The van der Waals surface area contributed by atoms with Crippen molar-refractivity contribution in [3.63, 3.8) is 0 Å². The summed E-state index contributed by atoms with van der Waals surface area (Å²) in [6.45, 7) is 5.29. The van der Waals surface area contributed by atoms with Crippen LogP contribution in [0.1, 0.15) is 6.92 Å². The molecule has 0 unspecified atom stereocenters. The molecule has 1 nitrogen and oxygen atoms in total. The van der Waals surface area contributed by atoms with Crippen molar-refractivity contribution in [1.29, 1.82) is 0 Å². The first-order chi connectivity index (χ1) is 3.77. The Labute approximate surface area is 54.4 Å². The maximum atomic E-state index is 5.34. The summed E-state index contributed by atoms with van der Waals surface area (Å²) < 4.78 is 0. The number of hydrogen-bond acceptors (Lipinski definition) is 1. The summed E-state index contributed by atoms with van der Waals surface area (Å²) >= 11 is 5.34. The van der Waals surface area contributed by atoms with E-state index >= 15 is 0 Å². The summed E-state index contributed by atoms with van der Waals surface area (Å²) in [5.41, 5.74) is 0. The normalized spacial score (nSPS) is 11.2. The molecule has 0 aromatic heterocycles. The topological polar surface area (TPSA) is 12.4 Å². The molecule has 8 heavy (non-hydrogen) atoms. The van der Waals surface area contributed by atoms with Crippen molar-refractivity contribution in [1.82, 2.24) is 0 Å². The van der Waals surface area contributed by atoms with E-state index in [0.717, 1.165) is 0 Å². The number of allylic oxidation sites excluding steroid dienone is 2. The molecule has 0 aliphatic carbocycles. The SMILES string of the molecule is C=C(Cl)/C=N\C=C/C. The Kier molecular flexibility index (Phi) is 4.27. The number of nitrogens with zero attached hydrogens (tertiary/aromatic N) is 1. The lowest BCUT2D eigenvalue weighted by Gasteiger charge is -1.75. The molecule has 0 rings (SSSR count). The molecular formula is C6H8ClN. The highest BCUT2D eigenvalue weighted by molar-refractivity contribution is 6.38. The van der Waals surface area contributed by atoms with Gasteiger partial charge in [0.25, 0.3) is 0 Å². The Balaban J connectivity index is 3.50. The molecule has 2 heteroatoms. The van der Waals surface area contributed by atoms with Crippen LogP contribution in [0.2, 0.25) is 0 Å². The van der Waals surface area contributed by atoms with E-state index in [1.165, 1.54) is 6.21 Å². The molecule has 0 N–H and O–H groups in total. The lowest BCUT2D eigenvalue weighted by Crippen LogP contribution is -1.64. The van der Waals surface area contributed by atoms with Crippen molar-refractivity contribution < 1.29 is 0 Å². The van der Waals surface area contributed by atoms with E-state index in [2.05, 4.69) is 11.6 Å². The first kappa shape index (κ1) is 7.44. The van der Waals surface area contributed by atoms with Gasteiger partial charge in [0.05, 0.1) is 5.03 Å². The van der Waals surface area contributed by atoms with Gasteiger partial charge in [0.1, 0.15) is 0 Å². The van der Waals surface area contributed by atoms with Crippen molar-refractivity contribution in [2.45, 2.75) is 6.92 Å². The van der Waals surface area contributed by atoms with Gasteiger partial charge in [0, 0.05) is 12.4 Å². The predicted octanol–water partition coefficient (Wildman–Crippen LogP) is 2.34. The van der Waals surface area contributed by atoms with Gasteiger partial charge in [-0.05, 0) is 6.92 Å². The standard InChI is InChI=1S/C6H8ClN/c1-3-4-8-5-6(2)7/h3-5H,2H2,1H3/b4-3-,8-5-. The third-order valence-electron chi connectivity index (χ3n) is 0.450. The highest BCUT2D eigenvalue weighted by atomic mass is 35.5. The largest absolute Gasteiger partial charge is 0.264 e. The Hall–Kier alpha value is -0.560. The van der Waals surface area contributed by atoms with E-state index in [-0.39, 0.29) is 0 Å². The van der Waals surface area contributed by atoms with Crippen LogP contribution < -0.4 is 0 Å². The summed E-state index contributed by atoms with van der Waals surface area (Å²) in [6, 6.07) is 0. The van der Waals surface area contributed by atoms with Gasteiger partial charge >= 0.3 is 0 Å². The van der Waals surface area contributed by atoms with Crippen LogP contribution in [0.15, 0.2) is 28.9 Å². The number of aliphatic imine (C=N–C) groups is 1. The van der Waals surface area contributed by atoms with E-state index < -0.39 is 0 Å². The zero-order chi connectivity index (χ0) is 6.41. The minimum atomic E-state index is 0.447. The minimum Gasteiger partial charge on any atom is -0.264 e. The predicted molar refractivity (Wildman–Crippen MR) is 38.3 cm³/mol. The minimum absolute atomic E-state index is 0.447. The number of halogens is 1. The average molecular weight is 130 g/mol. The zero-order valence-corrected chi connectivity index (χ0v) is 5.52. The molecule has 0 bridgehead atoms. The van der Waals surface area contributed by atoms with E-state index in [0.29, 0.717) is 5.03 Å². The molecule has 44 valence electrons. The lowest BCUT2D eigenvalue weighted by molar-refractivity contribution is 1.55. The Bertz CT molecular complexity index is 124. The molecule has 0 radical (unpaired) electrons. The molecule has 0 heterocycles. The molecular weight excluding hydrogens is 122 g/mol. The molecule has 0 aliphatic rings. The van der Waals surface area contributed by atoms with Crippen LogP contribution in [-0.2, 0) is 0 Å². The van der Waals surface area contributed by atoms with Gasteiger partial charge in [0.2, 0.25) is 0 Å². The molecule has 0 spiro atoms. The second-order valence-electron chi connectivity index (χ2n) is 1.21. The van der Waals surface area contributed by atoms with Crippen LogP contribution in [0.25, 0.3) is 0 Å². The second kappa shape index (κ2) is 4.60. The molecule has 0 aromatic rings. The van der Waals surface area contributed by atoms with E-state index in [1.54, 1.807) is 6.20 Å². The third-order valence-corrected chi connectivity index (χ3v) is 0.547. The Morgan fingerprint density at radius 2 is 2.38 bits per heavy atom. The van der Waals surface area contributed by atoms with Crippen LogP contribution in [-0.4, -0.2) is 6.21 Å². The van der Waals surface area contributed by atoms with Gasteiger partial charge in [-0.3, -0.25) is 4.99 Å². The van der Waals surface area contributed by atoms with Crippen LogP contribution >= 0.6 is 11.6 Å². The van der Waals surface area contributed by atoms with Crippen molar-refractivity contribution in [2.75, 3.05) is 0 Å². The number of rotatable bonds is 2. The van der Waals surface area contributed by atoms with Gasteiger partial charge < -0.3 is 0 Å². The van der Waals surface area contributed by atoms with Crippen LogP contribution in [0.4, 0.5) is 0 Å². The highest BCUT2D eigenvalue weighted by Crippen LogP contribution is 1.89. The second-order valence-corrected chi connectivity index (χ2v) is 1.69. The van der Waals surface area contributed by atoms with Crippen molar-refractivity contribution in [3.05, 3.63) is 23.9 Å². The molecule has 0 amide bonds. The van der Waals surface area contributed by atoms with E-state index in [1.807, 2.05) is 13.0 Å². The Morgan fingerprint density at radius 1 is 1.75 bits per heavy atom. The maximum Gasteiger partial charge on any atom is 0.0517 e. The summed E-state index contributed by atoms with van der Waals surface area (Å²) in [4.78, 5) is 3.75. The first-order valence-corrected chi connectivity index (χ1v) is 2.64. The zero-order valence-electron chi connectivity index (χ0n) is 4.76. The van der Waals surface area contributed by atoms with Crippen LogP contribution in [0, 0.1) is 0 Å². The van der Waals surface area contributed by atoms with Gasteiger partial charge in [-0.25, -0.2) is 0 Å². The van der Waals surface area contributed by atoms with Crippen molar-refractivity contribution in [3.8, 4) is 0 Å².